The third-order valence-electron chi connectivity index (χ3n) is 6.28. The number of amides is 1. The highest BCUT2D eigenvalue weighted by atomic mass is 16.5. The Bertz CT molecular complexity index is 1120. The number of benzene rings is 2. The Kier molecular flexibility index (Phi) is 7.65. The van der Waals surface area contributed by atoms with Crippen LogP contribution in [0.2, 0.25) is 0 Å². The van der Waals surface area contributed by atoms with E-state index in [2.05, 4.69) is 33.4 Å². The van der Waals surface area contributed by atoms with Crippen LogP contribution >= 0.6 is 0 Å². The lowest BCUT2D eigenvalue weighted by molar-refractivity contribution is -0.123. The first-order valence-electron chi connectivity index (χ1n) is 11.4. The van der Waals surface area contributed by atoms with E-state index in [4.69, 9.17) is 14.2 Å². The van der Waals surface area contributed by atoms with Crippen molar-refractivity contribution in [3.63, 3.8) is 0 Å². The molecule has 3 aromatic rings. The van der Waals surface area contributed by atoms with E-state index >= 15 is 0 Å². The van der Waals surface area contributed by atoms with Crippen molar-refractivity contribution in [2.24, 2.45) is 0 Å². The summed E-state index contributed by atoms with van der Waals surface area (Å²) in [5, 5.41) is 3.04. The number of nitrogens with one attached hydrogen (secondary N) is 1. The summed E-state index contributed by atoms with van der Waals surface area (Å²) < 4.78 is 16.3. The van der Waals surface area contributed by atoms with E-state index in [1.165, 1.54) is 11.1 Å². The molecule has 0 radical (unpaired) electrons. The summed E-state index contributed by atoms with van der Waals surface area (Å²) in [7, 11) is 4.96. The van der Waals surface area contributed by atoms with Crippen LogP contribution in [0.25, 0.3) is 0 Å². The molecule has 0 bridgehead atoms. The molecule has 1 N–H and O–H groups in total. The Hall–Kier alpha value is -3.58. The number of ether oxygens (including phenoxy) is 3. The van der Waals surface area contributed by atoms with Gasteiger partial charge in [0, 0.05) is 31.5 Å². The molecule has 0 fully saturated rings. The van der Waals surface area contributed by atoms with E-state index < -0.39 is 0 Å². The number of aromatic nitrogens is 1. The molecule has 178 valence electrons. The van der Waals surface area contributed by atoms with Gasteiger partial charge in [0.05, 0.1) is 27.9 Å². The molecular weight excluding hydrogens is 430 g/mol. The van der Waals surface area contributed by atoms with Crippen molar-refractivity contribution < 1.29 is 19.0 Å². The minimum absolute atomic E-state index is 0.00563. The smallest absolute Gasteiger partial charge is 0.234 e. The summed E-state index contributed by atoms with van der Waals surface area (Å²) >= 11 is 0. The van der Waals surface area contributed by atoms with E-state index in [0.717, 1.165) is 36.3 Å². The van der Waals surface area contributed by atoms with Gasteiger partial charge in [-0.3, -0.25) is 14.7 Å². The van der Waals surface area contributed by atoms with Crippen LogP contribution in [0.4, 0.5) is 0 Å². The van der Waals surface area contributed by atoms with Crippen LogP contribution < -0.4 is 19.5 Å². The summed E-state index contributed by atoms with van der Waals surface area (Å²) in [6.45, 7) is 1.61. The van der Waals surface area contributed by atoms with Crippen LogP contribution in [0.3, 0.4) is 0 Å². The van der Waals surface area contributed by atoms with Gasteiger partial charge in [-0.2, -0.15) is 0 Å². The number of hydrogen-bond donors (Lipinski definition) is 1. The summed E-state index contributed by atoms with van der Waals surface area (Å²) in [6, 6.07) is 16.1. The summed E-state index contributed by atoms with van der Waals surface area (Å²) in [5.41, 5.74) is 4.64. The van der Waals surface area contributed by atoms with Crippen LogP contribution in [0.5, 0.6) is 17.2 Å². The molecule has 0 saturated carbocycles. The highest BCUT2D eigenvalue weighted by Crippen LogP contribution is 2.36. The van der Waals surface area contributed by atoms with Crippen molar-refractivity contribution in [1.82, 2.24) is 15.2 Å². The van der Waals surface area contributed by atoms with Crippen molar-refractivity contribution in [3.05, 3.63) is 83.2 Å². The second-order valence-corrected chi connectivity index (χ2v) is 8.33. The normalized spacial score (nSPS) is 15.3. The Labute approximate surface area is 200 Å². The average Bonchev–Trinajstić information content (AvgIpc) is 2.88. The molecule has 4 rings (SSSR count). The first-order valence-corrected chi connectivity index (χ1v) is 11.4. The van der Waals surface area contributed by atoms with Crippen LogP contribution in [0.1, 0.15) is 28.3 Å². The van der Waals surface area contributed by atoms with Gasteiger partial charge in [-0.15, -0.1) is 0 Å². The first-order chi connectivity index (χ1) is 16.6. The zero-order valence-corrected chi connectivity index (χ0v) is 19.9. The molecule has 0 saturated heterocycles. The number of carbonyl (C=O) groups excluding carboxylic acids is 1. The molecule has 0 aliphatic carbocycles. The Morgan fingerprint density at radius 2 is 1.76 bits per heavy atom. The number of pyridine rings is 1. The lowest BCUT2D eigenvalue weighted by Gasteiger charge is -2.37. The fourth-order valence-corrected chi connectivity index (χ4v) is 4.47. The van der Waals surface area contributed by atoms with E-state index in [1.807, 2.05) is 30.3 Å². The average molecular weight is 462 g/mol. The predicted molar refractivity (Wildman–Crippen MR) is 130 cm³/mol. The fourth-order valence-electron chi connectivity index (χ4n) is 4.47. The number of fused-ring (bicyclic) bond motifs is 1. The van der Waals surface area contributed by atoms with Gasteiger partial charge >= 0.3 is 0 Å². The van der Waals surface area contributed by atoms with Gasteiger partial charge in [0.25, 0.3) is 0 Å². The van der Waals surface area contributed by atoms with Crippen molar-refractivity contribution >= 4 is 5.91 Å². The van der Waals surface area contributed by atoms with Crippen molar-refractivity contribution in [3.8, 4) is 17.2 Å². The molecule has 1 amide bonds. The highest BCUT2D eigenvalue weighted by molar-refractivity contribution is 5.78. The van der Waals surface area contributed by atoms with Crippen molar-refractivity contribution in [2.45, 2.75) is 25.4 Å². The van der Waals surface area contributed by atoms with Gasteiger partial charge in [0.2, 0.25) is 5.91 Å². The van der Waals surface area contributed by atoms with E-state index in [0.29, 0.717) is 24.6 Å². The molecule has 2 aromatic carbocycles. The predicted octanol–water partition coefficient (Wildman–Crippen LogP) is 3.57. The van der Waals surface area contributed by atoms with Gasteiger partial charge in [-0.05, 0) is 71.5 Å². The Morgan fingerprint density at radius 1 is 0.971 bits per heavy atom. The molecule has 1 aliphatic heterocycles. The number of methoxy groups -OCH3 is 3. The van der Waals surface area contributed by atoms with Gasteiger partial charge in [0.15, 0.2) is 11.5 Å². The quantitative estimate of drug-likeness (QED) is 0.525. The minimum atomic E-state index is 0.00563. The monoisotopic (exact) mass is 461 g/mol. The molecule has 1 aliphatic rings. The van der Waals surface area contributed by atoms with E-state index in [9.17, 15) is 4.79 Å². The molecule has 1 atom stereocenters. The van der Waals surface area contributed by atoms with E-state index in [-0.39, 0.29) is 11.9 Å². The Balaban J connectivity index is 1.55. The number of rotatable bonds is 9. The number of nitrogens with zero attached hydrogens (tertiary/aromatic N) is 2. The number of carbonyl (C=O) groups is 1. The fraction of sp³-hybridized carbons (Fsp3) is 0.333. The van der Waals surface area contributed by atoms with Crippen molar-refractivity contribution in [1.29, 1.82) is 0 Å². The third kappa shape index (κ3) is 5.48. The Morgan fingerprint density at radius 3 is 2.50 bits per heavy atom. The summed E-state index contributed by atoms with van der Waals surface area (Å²) in [6.07, 6.45) is 5.08. The molecule has 7 nitrogen and oxygen atoms in total. The topological polar surface area (TPSA) is 72.9 Å². The maximum atomic E-state index is 12.9. The second kappa shape index (κ2) is 11.0. The summed E-state index contributed by atoms with van der Waals surface area (Å²) in [4.78, 5) is 19.1. The SMILES string of the molecule is COc1ccc2c(c1)CCN(CC(=O)NCc1ccncc1)C2Cc1ccc(OC)c(OC)c1. The molecular formula is C27H31N3O4. The largest absolute Gasteiger partial charge is 0.497 e. The van der Waals surface area contributed by atoms with Crippen LogP contribution in [0, 0.1) is 0 Å². The van der Waals surface area contributed by atoms with Gasteiger partial charge < -0.3 is 19.5 Å². The van der Waals surface area contributed by atoms with Gasteiger partial charge in [-0.1, -0.05) is 12.1 Å². The lowest BCUT2D eigenvalue weighted by Crippen LogP contribution is -2.43. The maximum Gasteiger partial charge on any atom is 0.234 e. The van der Waals surface area contributed by atoms with Gasteiger partial charge in [-0.25, -0.2) is 0 Å². The standard InChI is InChI=1S/C27H31N3O4/c1-32-22-5-6-23-21(16-22)10-13-30(18-27(31)29-17-19-8-11-28-12-9-19)24(23)14-20-4-7-25(33-2)26(15-20)34-3/h4-9,11-12,15-16,24H,10,13-14,17-18H2,1-3H3,(H,29,31). The minimum Gasteiger partial charge on any atom is -0.497 e. The molecule has 0 spiro atoms. The highest BCUT2D eigenvalue weighted by Gasteiger charge is 2.29. The van der Waals surface area contributed by atoms with Crippen LogP contribution in [-0.4, -0.2) is 50.2 Å². The van der Waals surface area contributed by atoms with Crippen LogP contribution in [0.15, 0.2) is 60.9 Å². The van der Waals surface area contributed by atoms with Crippen molar-refractivity contribution in [2.75, 3.05) is 34.4 Å². The lowest BCUT2D eigenvalue weighted by atomic mass is 9.88. The zero-order valence-electron chi connectivity index (χ0n) is 19.9. The van der Waals surface area contributed by atoms with Gasteiger partial charge in [0.1, 0.15) is 5.75 Å². The third-order valence-corrected chi connectivity index (χ3v) is 6.28. The molecule has 34 heavy (non-hydrogen) atoms. The van der Waals surface area contributed by atoms with E-state index in [1.54, 1.807) is 33.7 Å². The molecule has 1 unspecified atom stereocenters. The maximum absolute atomic E-state index is 12.9. The van der Waals surface area contributed by atoms with Crippen LogP contribution in [-0.2, 0) is 24.2 Å². The zero-order chi connectivity index (χ0) is 23.9. The molecule has 1 aromatic heterocycles. The first kappa shape index (κ1) is 23.6. The molecule has 2 heterocycles. The summed E-state index contributed by atoms with van der Waals surface area (Å²) in [5.74, 6) is 2.26. The molecule has 7 heteroatoms. The number of hydrogen-bond acceptors (Lipinski definition) is 6. The second-order valence-electron chi connectivity index (χ2n) is 8.33.